The Hall–Kier alpha value is -1.22. The van der Waals surface area contributed by atoms with Crippen molar-refractivity contribution in [2.45, 2.75) is 64.0 Å². The summed E-state index contributed by atoms with van der Waals surface area (Å²) < 4.78 is 9.54. The number of ether oxygens (including phenoxy) is 2. The van der Waals surface area contributed by atoms with Crippen LogP contribution in [-0.4, -0.2) is 61.2 Å². The summed E-state index contributed by atoms with van der Waals surface area (Å²) >= 11 is 0. The molecule has 0 saturated carbocycles. The van der Waals surface area contributed by atoms with Crippen LogP contribution in [0, 0.1) is 0 Å². The first-order chi connectivity index (χ1) is 11.4. The molecule has 0 aliphatic rings. The Balaban J connectivity index is 0. The van der Waals surface area contributed by atoms with Gasteiger partial charge >= 0.3 is 11.9 Å². The van der Waals surface area contributed by atoms with Crippen molar-refractivity contribution in [3.8, 4) is 0 Å². The summed E-state index contributed by atoms with van der Waals surface area (Å²) in [7, 11) is 1.54. The van der Waals surface area contributed by atoms with Crippen LogP contribution in [0.4, 0.5) is 0 Å². The van der Waals surface area contributed by atoms with Gasteiger partial charge in [0.1, 0.15) is 12.1 Å². The number of methoxy groups -OCH3 is 1. The molecule has 0 aliphatic heterocycles. The molecule has 8 nitrogen and oxygen atoms in total. The molecular formula is C16H34N2O6. The van der Waals surface area contributed by atoms with E-state index in [1.165, 1.54) is 25.7 Å². The van der Waals surface area contributed by atoms with Crippen molar-refractivity contribution in [2.24, 2.45) is 11.5 Å². The molecule has 0 aliphatic carbocycles. The molecular weight excluding hydrogens is 316 g/mol. The van der Waals surface area contributed by atoms with Gasteiger partial charge < -0.3 is 31.2 Å². The van der Waals surface area contributed by atoms with E-state index in [0.29, 0.717) is 19.6 Å². The highest BCUT2D eigenvalue weighted by molar-refractivity contribution is 5.73. The average molecular weight is 350 g/mol. The largest absolute Gasteiger partial charge is 0.480 e. The second-order valence-electron chi connectivity index (χ2n) is 5.51. The first kappa shape index (κ1) is 25.0. The van der Waals surface area contributed by atoms with E-state index < -0.39 is 24.0 Å². The molecule has 0 saturated heterocycles. The van der Waals surface area contributed by atoms with Crippen molar-refractivity contribution >= 4 is 11.9 Å². The Morgan fingerprint density at radius 2 is 1.46 bits per heavy atom. The molecule has 6 N–H and O–H groups in total. The van der Waals surface area contributed by atoms with Crippen LogP contribution < -0.4 is 11.5 Å². The number of carboxylic acids is 2. The van der Waals surface area contributed by atoms with Crippen LogP contribution in [0.2, 0.25) is 0 Å². The minimum absolute atomic E-state index is 0.0265. The molecule has 24 heavy (non-hydrogen) atoms. The summed E-state index contributed by atoms with van der Waals surface area (Å²) in [6.07, 6.45) is 7.66. The lowest BCUT2D eigenvalue weighted by molar-refractivity contribution is -0.140. The SMILES string of the molecule is CCCCCCCC[C@H](N)C(=O)O.COCCOC[C@H](N)C(=O)O. The maximum Gasteiger partial charge on any atom is 0.322 e. The monoisotopic (exact) mass is 350 g/mol. The Kier molecular flexibility index (Phi) is 18.9. The van der Waals surface area contributed by atoms with Crippen LogP contribution in [0.25, 0.3) is 0 Å². The highest BCUT2D eigenvalue weighted by Crippen LogP contribution is 2.07. The van der Waals surface area contributed by atoms with Crippen molar-refractivity contribution in [3.63, 3.8) is 0 Å². The number of rotatable bonds is 14. The lowest BCUT2D eigenvalue weighted by atomic mass is 10.1. The molecule has 0 fully saturated rings. The van der Waals surface area contributed by atoms with Crippen LogP contribution >= 0.6 is 0 Å². The fraction of sp³-hybridized carbons (Fsp3) is 0.875. The van der Waals surface area contributed by atoms with E-state index in [1.54, 1.807) is 7.11 Å². The van der Waals surface area contributed by atoms with Gasteiger partial charge in [0.05, 0.1) is 19.8 Å². The predicted octanol–water partition coefficient (Wildman–Crippen LogP) is 1.21. The third-order valence-electron chi connectivity index (χ3n) is 3.23. The number of hydrogen-bond acceptors (Lipinski definition) is 6. The molecule has 0 amide bonds. The lowest BCUT2D eigenvalue weighted by Gasteiger charge is -2.06. The van der Waals surface area contributed by atoms with Crippen molar-refractivity contribution < 1.29 is 29.3 Å². The number of aliphatic carboxylic acids is 2. The van der Waals surface area contributed by atoms with Crippen LogP contribution in [0.15, 0.2) is 0 Å². The summed E-state index contributed by atoms with van der Waals surface area (Å²) in [5.41, 5.74) is 10.5. The lowest BCUT2D eigenvalue weighted by Crippen LogP contribution is -2.35. The van der Waals surface area contributed by atoms with Crippen molar-refractivity contribution in [3.05, 3.63) is 0 Å². The van der Waals surface area contributed by atoms with E-state index in [0.717, 1.165) is 12.8 Å². The Morgan fingerprint density at radius 1 is 0.917 bits per heavy atom. The van der Waals surface area contributed by atoms with Gasteiger partial charge in [-0.2, -0.15) is 0 Å². The van der Waals surface area contributed by atoms with E-state index in [-0.39, 0.29) is 6.61 Å². The second-order valence-corrected chi connectivity index (χ2v) is 5.51. The van der Waals surface area contributed by atoms with Gasteiger partial charge in [-0.25, -0.2) is 0 Å². The summed E-state index contributed by atoms with van der Waals surface area (Å²) in [6, 6.07) is -1.60. The molecule has 0 bridgehead atoms. The van der Waals surface area contributed by atoms with Gasteiger partial charge in [-0.3, -0.25) is 9.59 Å². The normalized spacial score (nSPS) is 12.8. The van der Waals surface area contributed by atoms with Crippen LogP contribution in [-0.2, 0) is 19.1 Å². The molecule has 0 heterocycles. The minimum atomic E-state index is -1.05. The predicted molar refractivity (Wildman–Crippen MR) is 91.9 cm³/mol. The van der Waals surface area contributed by atoms with Crippen molar-refractivity contribution in [2.75, 3.05) is 26.9 Å². The number of unbranched alkanes of at least 4 members (excludes halogenated alkanes) is 5. The maximum atomic E-state index is 10.3. The Labute approximate surface area is 144 Å². The van der Waals surface area contributed by atoms with Gasteiger partial charge in [0.2, 0.25) is 0 Å². The third-order valence-corrected chi connectivity index (χ3v) is 3.23. The molecule has 0 spiro atoms. The van der Waals surface area contributed by atoms with Gasteiger partial charge in [-0.1, -0.05) is 45.4 Å². The van der Waals surface area contributed by atoms with E-state index in [1.807, 2.05) is 0 Å². The number of nitrogens with two attached hydrogens (primary N) is 2. The van der Waals surface area contributed by atoms with E-state index in [4.69, 9.17) is 26.4 Å². The molecule has 0 aromatic rings. The fourth-order valence-corrected chi connectivity index (χ4v) is 1.69. The molecule has 0 rings (SSSR count). The molecule has 0 radical (unpaired) electrons. The molecule has 8 heteroatoms. The average Bonchev–Trinajstić information content (AvgIpc) is 2.54. The van der Waals surface area contributed by atoms with Gasteiger partial charge in [-0.15, -0.1) is 0 Å². The third kappa shape index (κ3) is 18.8. The highest BCUT2D eigenvalue weighted by atomic mass is 16.5. The zero-order valence-corrected chi connectivity index (χ0v) is 14.9. The van der Waals surface area contributed by atoms with Crippen LogP contribution in [0.5, 0.6) is 0 Å². The smallest absolute Gasteiger partial charge is 0.322 e. The second kappa shape index (κ2) is 18.1. The Bertz CT molecular complexity index is 315. The van der Waals surface area contributed by atoms with Crippen molar-refractivity contribution in [1.82, 2.24) is 0 Å². The van der Waals surface area contributed by atoms with Crippen molar-refractivity contribution in [1.29, 1.82) is 0 Å². The fourth-order valence-electron chi connectivity index (χ4n) is 1.69. The van der Waals surface area contributed by atoms with Gasteiger partial charge in [0.25, 0.3) is 0 Å². The minimum Gasteiger partial charge on any atom is -0.480 e. The van der Waals surface area contributed by atoms with Crippen LogP contribution in [0.1, 0.15) is 51.9 Å². The first-order valence-electron chi connectivity index (χ1n) is 8.40. The van der Waals surface area contributed by atoms with Gasteiger partial charge in [0.15, 0.2) is 0 Å². The first-order valence-corrected chi connectivity index (χ1v) is 8.40. The number of hydrogen-bond donors (Lipinski definition) is 4. The van der Waals surface area contributed by atoms with E-state index in [9.17, 15) is 9.59 Å². The quantitative estimate of drug-likeness (QED) is 0.342. The molecule has 144 valence electrons. The molecule has 0 unspecified atom stereocenters. The topological polar surface area (TPSA) is 145 Å². The van der Waals surface area contributed by atoms with E-state index >= 15 is 0 Å². The zero-order chi connectivity index (χ0) is 18.8. The van der Waals surface area contributed by atoms with Crippen LogP contribution in [0.3, 0.4) is 0 Å². The van der Waals surface area contributed by atoms with Gasteiger partial charge in [0, 0.05) is 7.11 Å². The molecule has 0 aromatic heterocycles. The standard InChI is InChI=1S/C10H21NO2.C6H13NO4/c1-2-3-4-5-6-7-8-9(11)10(12)13;1-10-2-3-11-4-5(7)6(8)9/h9H,2-8,11H2,1H3,(H,12,13);5H,2-4,7H2,1H3,(H,8,9)/t9-;5-/m00/s1. The highest BCUT2D eigenvalue weighted by Gasteiger charge is 2.10. The zero-order valence-electron chi connectivity index (χ0n) is 14.9. The van der Waals surface area contributed by atoms with E-state index in [2.05, 4.69) is 11.7 Å². The summed E-state index contributed by atoms with van der Waals surface area (Å²) in [6.45, 7) is 3.03. The number of carboxylic acid groups (broad SMARTS) is 2. The molecule has 2 atom stereocenters. The molecule has 0 aromatic carbocycles. The van der Waals surface area contributed by atoms with Gasteiger partial charge in [-0.05, 0) is 6.42 Å². The Morgan fingerprint density at radius 3 is 1.96 bits per heavy atom. The summed E-state index contributed by atoms with van der Waals surface area (Å²) in [5.74, 6) is -1.93. The summed E-state index contributed by atoms with van der Waals surface area (Å²) in [5, 5.41) is 16.8. The maximum absolute atomic E-state index is 10.3. The number of carbonyl (C=O) groups is 2. The summed E-state index contributed by atoms with van der Waals surface area (Å²) in [4.78, 5) is 20.5.